The van der Waals surface area contributed by atoms with Crippen molar-refractivity contribution in [3.8, 4) is 0 Å². The van der Waals surface area contributed by atoms with Gasteiger partial charge in [-0.15, -0.1) is 0 Å². The number of alkyl halides is 2. The summed E-state index contributed by atoms with van der Waals surface area (Å²) in [4.78, 5) is 1.77. The quantitative estimate of drug-likeness (QED) is 0.900. The SMILES string of the molecule is FC(F)C1CNCCN1c1ccc(Br)cc1. The van der Waals surface area contributed by atoms with E-state index in [0.717, 1.165) is 16.7 Å². The van der Waals surface area contributed by atoms with Gasteiger partial charge in [0.25, 0.3) is 6.43 Å². The Balaban J connectivity index is 2.19. The highest BCUT2D eigenvalue weighted by Crippen LogP contribution is 2.23. The van der Waals surface area contributed by atoms with Crippen LogP contribution in [0.3, 0.4) is 0 Å². The summed E-state index contributed by atoms with van der Waals surface area (Å²) in [6, 6.07) is 6.75. The Bertz CT molecular complexity index is 342. The molecule has 1 aliphatic heterocycles. The minimum atomic E-state index is -2.32. The van der Waals surface area contributed by atoms with Crippen LogP contribution >= 0.6 is 15.9 Å². The fraction of sp³-hybridized carbons (Fsp3) is 0.455. The third-order valence-electron chi connectivity index (χ3n) is 2.73. The Morgan fingerprint density at radius 1 is 1.31 bits per heavy atom. The number of piperazine rings is 1. The number of anilines is 1. The van der Waals surface area contributed by atoms with Crippen molar-refractivity contribution in [3.63, 3.8) is 0 Å². The van der Waals surface area contributed by atoms with Crippen LogP contribution in [0.15, 0.2) is 28.7 Å². The molecule has 1 saturated heterocycles. The molecule has 0 saturated carbocycles. The van der Waals surface area contributed by atoms with Gasteiger partial charge in [-0.05, 0) is 24.3 Å². The molecule has 5 heteroatoms. The fourth-order valence-electron chi connectivity index (χ4n) is 1.90. The minimum absolute atomic E-state index is 0.341. The van der Waals surface area contributed by atoms with Crippen LogP contribution in [0.2, 0.25) is 0 Å². The number of benzene rings is 1. The van der Waals surface area contributed by atoms with Gasteiger partial charge >= 0.3 is 0 Å². The molecular formula is C11H13BrF2N2. The van der Waals surface area contributed by atoms with Crippen molar-refractivity contribution < 1.29 is 8.78 Å². The monoisotopic (exact) mass is 290 g/mol. The Morgan fingerprint density at radius 2 is 2.00 bits per heavy atom. The molecule has 1 N–H and O–H groups in total. The molecule has 88 valence electrons. The molecule has 0 bridgehead atoms. The van der Waals surface area contributed by atoms with E-state index < -0.39 is 12.5 Å². The van der Waals surface area contributed by atoms with Crippen LogP contribution in [-0.4, -0.2) is 32.1 Å². The topological polar surface area (TPSA) is 15.3 Å². The van der Waals surface area contributed by atoms with Crippen LogP contribution in [0, 0.1) is 0 Å². The van der Waals surface area contributed by atoms with E-state index in [0.29, 0.717) is 13.1 Å². The molecule has 1 atom stereocenters. The lowest BCUT2D eigenvalue weighted by Gasteiger charge is -2.37. The predicted molar refractivity (Wildman–Crippen MR) is 64.1 cm³/mol. The molecule has 1 heterocycles. The number of nitrogens with one attached hydrogen (secondary N) is 1. The zero-order valence-electron chi connectivity index (χ0n) is 8.67. The first-order valence-corrected chi connectivity index (χ1v) is 5.99. The van der Waals surface area contributed by atoms with Gasteiger partial charge < -0.3 is 10.2 Å². The van der Waals surface area contributed by atoms with Crippen LogP contribution in [0.4, 0.5) is 14.5 Å². The number of halogens is 3. The maximum atomic E-state index is 12.8. The molecule has 0 aliphatic carbocycles. The molecule has 0 aromatic heterocycles. The molecule has 1 aliphatic rings. The number of nitrogens with zero attached hydrogens (tertiary/aromatic N) is 1. The van der Waals surface area contributed by atoms with E-state index in [2.05, 4.69) is 21.2 Å². The average Bonchev–Trinajstić information content (AvgIpc) is 2.30. The molecule has 1 unspecified atom stereocenters. The molecule has 0 spiro atoms. The van der Waals surface area contributed by atoms with Gasteiger partial charge in [0.05, 0.1) is 0 Å². The average molecular weight is 291 g/mol. The lowest BCUT2D eigenvalue weighted by Crippen LogP contribution is -2.54. The van der Waals surface area contributed by atoms with Gasteiger partial charge in [-0.25, -0.2) is 8.78 Å². The number of hydrogen-bond acceptors (Lipinski definition) is 2. The zero-order chi connectivity index (χ0) is 11.5. The predicted octanol–water partition coefficient (Wildman–Crippen LogP) is 2.49. The molecule has 2 rings (SSSR count). The van der Waals surface area contributed by atoms with Gasteiger partial charge in [-0.2, -0.15) is 0 Å². The van der Waals surface area contributed by atoms with Crippen molar-refractivity contribution >= 4 is 21.6 Å². The van der Waals surface area contributed by atoms with Crippen molar-refractivity contribution in [1.82, 2.24) is 5.32 Å². The van der Waals surface area contributed by atoms with Crippen LogP contribution in [0.25, 0.3) is 0 Å². The van der Waals surface area contributed by atoms with E-state index in [1.807, 2.05) is 24.3 Å². The molecule has 1 aromatic rings. The molecule has 16 heavy (non-hydrogen) atoms. The largest absolute Gasteiger partial charge is 0.360 e. The zero-order valence-corrected chi connectivity index (χ0v) is 10.3. The summed E-state index contributed by atoms with van der Waals surface area (Å²) in [5.74, 6) is 0. The van der Waals surface area contributed by atoms with Crippen molar-refractivity contribution in [1.29, 1.82) is 0 Å². The third kappa shape index (κ3) is 2.52. The van der Waals surface area contributed by atoms with Gasteiger partial charge in [0, 0.05) is 29.8 Å². The Kier molecular flexibility index (Phi) is 3.76. The maximum absolute atomic E-state index is 12.8. The molecule has 1 fully saturated rings. The number of rotatable bonds is 2. The summed E-state index contributed by atoms with van der Waals surface area (Å²) < 4.78 is 26.6. The molecular weight excluding hydrogens is 278 g/mol. The summed E-state index contributed by atoms with van der Waals surface area (Å²) >= 11 is 3.33. The van der Waals surface area contributed by atoms with E-state index in [-0.39, 0.29) is 0 Å². The maximum Gasteiger partial charge on any atom is 0.259 e. The van der Waals surface area contributed by atoms with Gasteiger partial charge in [-0.3, -0.25) is 0 Å². The van der Waals surface area contributed by atoms with Crippen molar-refractivity contribution in [3.05, 3.63) is 28.7 Å². The van der Waals surface area contributed by atoms with E-state index >= 15 is 0 Å². The standard InChI is InChI=1S/C11H13BrF2N2/c12-8-1-3-9(4-2-8)16-6-5-15-7-10(16)11(13)14/h1-4,10-11,15H,5-7H2. The fourth-order valence-corrected chi connectivity index (χ4v) is 2.17. The minimum Gasteiger partial charge on any atom is -0.360 e. The van der Waals surface area contributed by atoms with Gasteiger partial charge in [-0.1, -0.05) is 15.9 Å². The highest BCUT2D eigenvalue weighted by molar-refractivity contribution is 9.10. The summed E-state index contributed by atoms with van der Waals surface area (Å²) in [5.41, 5.74) is 0.856. The first kappa shape index (κ1) is 11.8. The third-order valence-corrected chi connectivity index (χ3v) is 3.26. The highest BCUT2D eigenvalue weighted by Gasteiger charge is 2.29. The van der Waals surface area contributed by atoms with E-state index in [1.165, 1.54) is 0 Å². The normalized spacial score (nSPS) is 21.5. The summed E-state index contributed by atoms with van der Waals surface area (Å²) in [6.07, 6.45) is -2.32. The van der Waals surface area contributed by atoms with Crippen LogP contribution < -0.4 is 10.2 Å². The summed E-state index contributed by atoms with van der Waals surface area (Å²) in [7, 11) is 0. The van der Waals surface area contributed by atoms with E-state index in [1.54, 1.807) is 4.90 Å². The first-order chi connectivity index (χ1) is 7.68. The van der Waals surface area contributed by atoms with Crippen molar-refractivity contribution in [2.24, 2.45) is 0 Å². The number of hydrogen-bond donors (Lipinski definition) is 1. The van der Waals surface area contributed by atoms with Crippen molar-refractivity contribution in [2.45, 2.75) is 12.5 Å². The van der Waals surface area contributed by atoms with Crippen LogP contribution in [0.5, 0.6) is 0 Å². The van der Waals surface area contributed by atoms with Gasteiger partial charge in [0.2, 0.25) is 0 Å². The van der Waals surface area contributed by atoms with Crippen LogP contribution in [-0.2, 0) is 0 Å². The summed E-state index contributed by atoms with van der Waals surface area (Å²) in [5, 5.41) is 3.00. The Morgan fingerprint density at radius 3 is 2.62 bits per heavy atom. The van der Waals surface area contributed by atoms with E-state index in [4.69, 9.17) is 0 Å². The molecule has 1 aromatic carbocycles. The Hall–Kier alpha value is -0.680. The van der Waals surface area contributed by atoms with Crippen LogP contribution in [0.1, 0.15) is 0 Å². The van der Waals surface area contributed by atoms with Gasteiger partial charge in [0.15, 0.2) is 0 Å². The lowest BCUT2D eigenvalue weighted by molar-refractivity contribution is 0.105. The summed E-state index contributed by atoms with van der Waals surface area (Å²) in [6.45, 7) is 1.71. The van der Waals surface area contributed by atoms with Gasteiger partial charge in [0.1, 0.15) is 6.04 Å². The second-order valence-electron chi connectivity index (χ2n) is 3.78. The Labute approximate surface area is 102 Å². The highest BCUT2D eigenvalue weighted by atomic mass is 79.9. The van der Waals surface area contributed by atoms with E-state index in [9.17, 15) is 8.78 Å². The lowest BCUT2D eigenvalue weighted by atomic mass is 10.1. The second-order valence-corrected chi connectivity index (χ2v) is 4.69. The molecule has 0 radical (unpaired) electrons. The van der Waals surface area contributed by atoms with Crippen molar-refractivity contribution in [2.75, 3.05) is 24.5 Å². The first-order valence-electron chi connectivity index (χ1n) is 5.19. The molecule has 0 amide bonds. The second kappa shape index (κ2) is 5.10. The smallest absolute Gasteiger partial charge is 0.259 e. The molecule has 2 nitrogen and oxygen atoms in total.